The molecule has 0 saturated heterocycles. The first kappa shape index (κ1) is 12.6. The van der Waals surface area contributed by atoms with Crippen molar-refractivity contribution in [3.63, 3.8) is 0 Å². The van der Waals surface area contributed by atoms with Crippen molar-refractivity contribution in [2.45, 2.75) is 13.3 Å². The van der Waals surface area contributed by atoms with Gasteiger partial charge in [0.15, 0.2) is 0 Å². The van der Waals surface area contributed by atoms with Gasteiger partial charge in [-0.15, -0.1) is 0 Å². The second-order valence-electron chi connectivity index (χ2n) is 5.06. The summed E-state index contributed by atoms with van der Waals surface area (Å²) in [7, 11) is 1.99. The Hall–Kier alpha value is -2.42. The van der Waals surface area contributed by atoms with E-state index in [2.05, 4.69) is 41.3 Å². The fraction of sp³-hybridized carbons (Fsp3) is 0.176. The molecule has 0 fully saturated rings. The normalized spacial score (nSPS) is 10.7. The van der Waals surface area contributed by atoms with Gasteiger partial charge in [0.2, 0.25) is 0 Å². The molecule has 0 spiro atoms. The van der Waals surface area contributed by atoms with Crippen molar-refractivity contribution in [1.82, 2.24) is 14.8 Å². The molecule has 0 unspecified atom stereocenters. The Morgan fingerprint density at radius 2 is 1.85 bits per heavy atom. The van der Waals surface area contributed by atoms with Crippen molar-refractivity contribution >= 4 is 0 Å². The second kappa shape index (κ2) is 5.29. The van der Waals surface area contributed by atoms with Gasteiger partial charge < -0.3 is 0 Å². The van der Waals surface area contributed by atoms with Crippen molar-refractivity contribution in [2.75, 3.05) is 0 Å². The quantitative estimate of drug-likeness (QED) is 0.725. The molecule has 0 aliphatic rings. The van der Waals surface area contributed by atoms with Gasteiger partial charge in [0.25, 0.3) is 0 Å². The topological polar surface area (TPSA) is 30.7 Å². The summed E-state index contributed by atoms with van der Waals surface area (Å²) in [5, 5.41) is 4.60. The Kier molecular flexibility index (Phi) is 3.33. The first-order valence-electron chi connectivity index (χ1n) is 6.71. The van der Waals surface area contributed by atoms with Crippen LogP contribution in [0.1, 0.15) is 16.8 Å². The molecule has 0 aliphatic carbocycles. The first-order valence-corrected chi connectivity index (χ1v) is 6.71. The van der Waals surface area contributed by atoms with E-state index >= 15 is 0 Å². The summed E-state index contributed by atoms with van der Waals surface area (Å²) in [6.45, 7) is 2.06. The summed E-state index contributed by atoms with van der Waals surface area (Å²) >= 11 is 0. The van der Waals surface area contributed by atoms with E-state index in [1.165, 1.54) is 16.8 Å². The van der Waals surface area contributed by atoms with E-state index < -0.39 is 0 Å². The second-order valence-corrected chi connectivity index (χ2v) is 5.06. The number of hydrogen-bond acceptors (Lipinski definition) is 2. The Labute approximate surface area is 118 Å². The average Bonchev–Trinajstić information content (AvgIpc) is 2.81. The lowest BCUT2D eigenvalue weighted by Crippen LogP contribution is -1.99. The lowest BCUT2D eigenvalue weighted by Gasteiger charge is -2.02. The zero-order chi connectivity index (χ0) is 13.9. The van der Waals surface area contributed by atoms with Gasteiger partial charge in [-0.05, 0) is 24.1 Å². The highest BCUT2D eigenvalue weighted by atomic mass is 15.3. The predicted molar refractivity (Wildman–Crippen MR) is 80.4 cm³/mol. The number of pyridine rings is 1. The summed E-state index contributed by atoms with van der Waals surface area (Å²) in [4.78, 5) is 4.25. The van der Waals surface area contributed by atoms with E-state index in [0.29, 0.717) is 0 Å². The lowest BCUT2D eigenvalue weighted by atomic mass is 10.1. The Morgan fingerprint density at radius 3 is 2.60 bits per heavy atom. The van der Waals surface area contributed by atoms with Crippen LogP contribution in [-0.4, -0.2) is 14.8 Å². The molecule has 3 aromatic rings. The highest BCUT2D eigenvalue weighted by Gasteiger charge is 2.08. The van der Waals surface area contributed by atoms with Crippen LogP contribution in [0.25, 0.3) is 11.3 Å². The van der Waals surface area contributed by atoms with E-state index in [0.717, 1.165) is 17.7 Å². The molecule has 3 heteroatoms. The fourth-order valence-corrected chi connectivity index (χ4v) is 2.34. The van der Waals surface area contributed by atoms with Crippen LogP contribution in [0.3, 0.4) is 0 Å². The summed E-state index contributed by atoms with van der Waals surface area (Å²) in [6, 6.07) is 14.6. The van der Waals surface area contributed by atoms with Gasteiger partial charge in [0.1, 0.15) is 0 Å². The van der Waals surface area contributed by atoms with Crippen LogP contribution in [0.5, 0.6) is 0 Å². The molecular formula is C17H17N3. The minimum absolute atomic E-state index is 0.852. The summed E-state index contributed by atoms with van der Waals surface area (Å²) in [5.74, 6) is 0. The molecule has 1 aromatic carbocycles. The van der Waals surface area contributed by atoms with Crippen LogP contribution >= 0.6 is 0 Å². The van der Waals surface area contributed by atoms with Crippen molar-refractivity contribution in [3.8, 4) is 11.3 Å². The number of aryl methyl sites for hydroxylation is 2. The van der Waals surface area contributed by atoms with E-state index in [1.807, 2.05) is 42.3 Å². The zero-order valence-electron chi connectivity index (χ0n) is 11.7. The third-order valence-corrected chi connectivity index (χ3v) is 3.36. The molecule has 2 aromatic heterocycles. The van der Waals surface area contributed by atoms with Crippen LogP contribution in [0.4, 0.5) is 0 Å². The van der Waals surface area contributed by atoms with Gasteiger partial charge in [-0.3, -0.25) is 9.67 Å². The van der Waals surface area contributed by atoms with Crippen molar-refractivity contribution < 1.29 is 0 Å². The molecule has 0 N–H and O–H groups in total. The average molecular weight is 263 g/mol. The molecule has 3 nitrogen and oxygen atoms in total. The van der Waals surface area contributed by atoms with E-state index in [9.17, 15) is 0 Å². The Bertz CT molecular complexity index is 714. The van der Waals surface area contributed by atoms with Gasteiger partial charge in [0, 0.05) is 37.1 Å². The maximum Gasteiger partial charge on any atom is 0.0926 e. The molecule has 0 aliphatic heterocycles. The largest absolute Gasteiger partial charge is 0.272 e. The smallest absolute Gasteiger partial charge is 0.0926 e. The molecule has 0 bridgehead atoms. The molecule has 0 saturated carbocycles. The Balaban J connectivity index is 1.90. The van der Waals surface area contributed by atoms with Crippen LogP contribution in [-0.2, 0) is 13.5 Å². The third-order valence-electron chi connectivity index (χ3n) is 3.36. The van der Waals surface area contributed by atoms with E-state index in [1.54, 1.807) is 0 Å². The SMILES string of the molecule is Cc1cncc(Cc2cc(-c3ccccc3)nn2C)c1. The van der Waals surface area contributed by atoms with Gasteiger partial charge >= 0.3 is 0 Å². The predicted octanol–water partition coefficient (Wildman–Crippen LogP) is 3.38. The standard InChI is InChI=1S/C17H17N3/c1-13-8-14(12-18-11-13)9-16-10-17(19-20(16)2)15-6-4-3-5-7-15/h3-8,10-12H,9H2,1-2H3. The highest BCUT2D eigenvalue weighted by molar-refractivity contribution is 5.59. The summed E-state index contributed by atoms with van der Waals surface area (Å²) < 4.78 is 1.95. The molecule has 0 amide bonds. The van der Waals surface area contributed by atoms with Crippen LogP contribution < -0.4 is 0 Å². The van der Waals surface area contributed by atoms with Gasteiger partial charge in [0.05, 0.1) is 5.69 Å². The monoisotopic (exact) mass is 263 g/mol. The number of nitrogens with zero attached hydrogens (tertiary/aromatic N) is 3. The molecular weight excluding hydrogens is 246 g/mol. The number of aromatic nitrogens is 3. The van der Waals surface area contributed by atoms with Gasteiger partial charge in [-0.2, -0.15) is 5.10 Å². The highest BCUT2D eigenvalue weighted by Crippen LogP contribution is 2.20. The van der Waals surface area contributed by atoms with Gasteiger partial charge in [-0.25, -0.2) is 0 Å². The molecule has 3 rings (SSSR count). The molecule has 0 radical (unpaired) electrons. The van der Waals surface area contributed by atoms with Crippen molar-refractivity contribution in [3.05, 3.63) is 71.7 Å². The van der Waals surface area contributed by atoms with Crippen LogP contribution in [0.15, 0.2) is 54.9 Å². The van der Waals surface area contributed by atoms with E-state index in [-0.39, 0.29) is 0 Å². The maximum absolute atomic E-state index is 4.60. The third kappa shape index (κ3) is 2.62. The van der Waals surface area contributed by atoms with Gasteiger partial charge in [-0.1, -0.05) is 36.4 Å². The summed E-state index contributed by atoms with van der Waals surface area (Å²) in [6.07, 6.45) is 4.65. The Morgan fingerprint density at radius 1 is 1.05 bits per heavy atom. The fourth-order valence-electron chi connectivity index (χ4n) is 2.34. The molecule has 20 heavy (non-hydrogen) atoms. The lowest BCUT2D eigenvalue weighted by molar-refractivity contribution is 0.726. The van der Waals surface area contributed by atoms with Crippen LogP contribution in [0.2, 0.25) is 0 Å². The maximum atomic E-state index is 4.60. The molecule has 0 atom stereocenters. The van der Waals surface area contributed by atoms with E-state index in [4.69, 9.17) is 0 Å². The van der Waals surface area contributed by atoms with Crippen molar-refractivity contribution in [2.24, 2.45) is 7.05 Å². The first-order chi connectivity index (χ1) is 9.72. The minimum atomic E-state index is 0.852. The number of rotatable bonds is 3. The number of benzene rings is 1. The molecule has 100 valence electrons. The minimum Gasteiger partial charge on any atom is -0.272 e. The molecule has 2 heterocycles. The number of hydrogen-bond donors (Lipinski definition) is 0. The van der Waals surface area contributed by atoms with Crippen molar-refractivity contribution in [1.29, 1.82) is 0 Å². The zero-order valence-corrected chi connectivity index (χ0v) is 11.7. The summed E-state index contributed by atoms with van der Waals surface area (Å²) in [5.41, 5.74) is 5.76. The van der Waals surface area contributed by atoms with Crippen LogP contribution in [0, 0.1) is 6.92 Å².